The van der Waals surface area contributed by atoms with E-state index in [1.54, 1.807) is 0 Å². The minimum Gasteiger partial charge on any atom is -0.300 e. The number of rotatable bonds is 4. The Morgan fingerprint density at radius 3 is 2.35 bits per heavy atom. The summed E-state index contributed by atoms with van der Waals surface area (Å²) in [5, 5.41) is 8.70. The van der Waals surface area contributed by atoms with Crippen molar-refractivity contribution >= 4 is 20.6 Å². The molecule has 0 unspecified atom stereocenters. The van der Waals surface area contributed by atoms with Crippen LogP contribution < -0.4 is 0 Å². The lowest BCUT2D eigenvalue weighted by Crippen LogP contribution is -2.40. The first-order chi connectivity index (χ1) is 9.51. The fraction of sp³-hybridized carbons (Fsp3) is 0.462. The molecule has 1 saturated heterocycles. The first-order valence-electron chi connectivity index (χ1n) is 6.31. The Morgan fingerprint density at radius 1 is 1.20 bits per heavy atom. The van der Waals surface area contributed by atoms with E-state index in [4.69, 9.17) is 5.26 Å². The molecule has 1 aromatic carbocycles. The third kappa shape index (κ3) is 3.88. The molecule has 0 aromatic heterocycles. The van der Waals surface area contributed by atoms with Gasteiger partial charge >= 0.3 is 0 Å². The zero-order valence-corrected chi connectivity index (χ0v) is 12.6. The minimum absolute atomic E-state index is 0.0472. The highest BCUT2D eigenvalue weighted by molar-refractivity contribution is 7.91. The highest BCUT2D eigenvalue weighted by Crippen LogP contribution is 2.13. The van der Waals surface area contributed by atoms with Crippen molar-refractivity contribution in [2.75, 3.05) is 36.9 Å². The van der Waals surface area contributed by atoms with Gasteiger partial charge < -0.3 is 4.90 Å². The quantitative estimate of drug-likeness (QED) is 0.804. The van der Waals surface area contributed by atoms with Crippen LogP contribution in [0.3, 0.4) is 0 Å². The summed E-state index contributed by atoms with van der Waals surface area (Å²) in [6.45, 7) is 1.84. The van der Waals surface area contributed by atoms with Crippen molar-refractivity contribution in [1.29, 1.82) is 5.26 Å². The molecule has 0 atom stereocenters. The molecule has 0 saturated carbocycles. The van der Waals surface area contributed by atoms with E-state index in [2.05, 4.69) is 0 Å². The Bertz CT molecular complexity index is 623. The second-order valence-electron chi connectivity index (χ2n) is 4.64. The molecule has 0 amide bonds. The van der Waals surface area contributed by atoms with E-state index in [9.17, 15) is 12.6 Å². The monoisotopic (exact) mass is 312 g/mol. The molecule has 1 heterocycles. The van der Waals surface area contributed by atoms with Crippen LogP contribution in [0.5, 0.6) is 0 Å². The predicted molar refractivity (Wildman–Crippen MR) is 77.5 cm³/mol. The van der Waals surface area contributed by atoms with E-state index in [0.29, 0.717) is 36.7 Å². The highest BCUT2D eigenvalue weighted by Gasteiger charge is 2.19. The van der Waals surface area contributed by atoms with Gasteiger partial charge in [0.05, 0.1) is 22.3 Å². The number of nitriles is 1. The molecule has 1 fully saturated rings. The molecule has 2 rings (SSSR count). The van der Waals surface area contributed by atoms with Crippen LogP contribution in [0.1, 0.15) is 5.56 Å². The second kappa shape index (κ2) is 6.48. The van der Waals surface area contributed by atoms with E-state index in [0.717, 1.165) is 0 Å². The number of hydrogen-bond donors (Lipinski definition) is 0. The summed E-state index contributed by atoms with van der Waals surface area (Å²) < 4.78 is 35.6. The lowest BCUT2D eigenvalue weighted by atomic mass is 10.2. The zero-order chi connectivity index (χ0) is 14.6. The SMILES string of the molecule is N#Cc1ccc(S(=O)(=O)CCN2CCS(=O)CC2)cc1. The van der Waals surface area contributed by atoms with Gasteiger partial charge in [-0.05, 0) is 24.3 Å². The van der Waals surface area contributed by atoms with Crippen molar-refractivity contribution in [1.82, 2.24) is 4.90 Å². The molecule has 1 aromatic rings. The first kappa shape index (κ1) is 15.2. The van der Waals surface area contributed by atoms with Gasteiger partial charge in [-0.15, -0.1) is 0 Å². The third-order valence-electron chi connectivity index (χ3n) is 3.29. The molecule has 0 spiro atoms. The maximum Gasteiger partial charge on any atom is 0.179 e. The summed E-state index contributed by atoms with van der Waals surface area (Å²) in [7, 11) is -4.07. The van der Waals surface area contributed by atoms with Gasteiger partial charge in [-0.2, -0.15) is 5.26 Å². The smallest absolute Gasteiger partial charge is 0.179 e. The van der Waals surface area contributed by atoms with E-state index in [1.807, 2.05) is 11.0 Å². The van der Waals surface area contributed by atoms with Crippen LogP contribution in [-0.2, 0) is 20.6 Å². The van der Waals surface area contributed by atoms with E-state index in [-0.39, 0.29) is 10.6 Å². The zero-order valence-electron chi connectivity index (χ0n) is 11.0. The first-order valence-corrected chi connectivity index (χ1v) is 9.45. The third-order valence-corrected chi connectivity index (χ3v) is 6.28. The van der Waals surface area contributed by atoms with Crippen LogP contribution in [-0.4, -0.2) is 54.4 Å². The van der Waals surface area contributed by atoms with Crippen molar-refractivity contribution in [3.8, 4) is 6.07 Å². The largest absolute Gasteiger partial charge is 0.300 e. The van der Waals surface area contributed by atoms with Crippen molar-refractivity contribution in [3.05, 3.63) is 29.8 Å². The number of hydrogen-bond acceptors (Lipinski definition) is 5. The van der Waals surface area contributed by atoms with Crippen LogP contribution in [0.15, 0.2) is 29.2 Å². The normalized spacial score (nSPS) is 17.8. The lowest BCUT2D eigenvalue weighted by Gasteiger charge is -2.25. The summed E-state index contributed by atoms with van der Waals surface area (Å²) in [6.07, 6.45) is 0. The van der Waals surface area contributed by atoms with Crippen molar-refractivity contribution < 1.29 is 12.6 Å². The van der Waals surface area contributed by atoms with Crippen LogP contribution in [0.4, 0.5) is 0 Å². The second-order valence-corrected chi connectivity index (χ2v) is 8.45. The van der Waals surface area contributed by atoms with E-state index >= 15 is 0 Å². The molecule has 7 heteroatoms. The van der Waals surface area contributed by atoms with Crippen LogP contribution >= 0.6 is 0 Å². The van der Waals surface area contributed by atoms with Crippen LogP contribution in [0.2, 0.25) is 0 Å². The van der Waals surface area contributed by atoms with E-state index < -0.39 is 20.6 Å². The minimum atomic E-state index is -3.33. The number of sulfone groups is 1. The number of nitrogens with zero attached hydrogens (tertiary/aromatic N) is 2. The van der Waals surface area contributed by atoms with Gasteiger partial charge in [-0.1, -0.05) is 0 Å². The van der Waals surface area contributed by atoms with Crippen LogP contribution in [0, 0.1) is 11.3 Å². The Balaban J connectivity index is 1.96. The van der Waals surface area contributed by atoms with E-state index in [1.165, 1.54) is 24.3 Å². The van der Waals surface area contributed by atoms with Gasteiger partial charge in [0.2, 0.25) is 0 Å². The summed E-state index contributed by atoms with van der Waals surface area (Å²) in [4.78, 5) is 2.28. The fourth-order valence-corrected chi connectivity index (χ4v) is 4.42. The molecule has 20 heavy (non-hydrogen) atoms. The molecule has 108 valence electrons. The summed E-state index contributed by atoms with van der Waals surface area (Å²) >= 11 is 0. The molecular weight excluding hydrogens is 296 g/mol. The Morgan fingerprint density at radius 2 is 1.80 bits per heavy atom. The molecule has 0 aliphatic carbocycles. The predicted octanol–water partition coefficient (Wildman–Crippen LogP) is 0.396. The Hall–Kier alpha value is -1.23. The molecule has 0 bridgehead atoms. The van der Waals surface area contributed by atoms with Crippen molar-refractivity contribution in [2.24, 2.45) is 0 Å². The molecule has 5 nitrogen and oxygen atoms in total. The topological polar surface area (TPSA) is 78.2 Å². The Kier molecular flexibility index (Phi) is 4.91. The van der Waals surface area contributed by atoms with Gasteiger partial charge in [-0.3, -0.25) is 4.21 Å². The summed E-state index contributed by atoms with van der Waals surface area (Å²) in [5.74, 6) is 1.29. The standard InChI is InChI=1S/C13H16N2O3S2/c14-11-12-1-3-13(4-2-12)20(17,18)10-7-15-5-8-19(16)9-6-15/h1-4H,5-10H2. The molecule has 0 radical (unpaired) electrons. The van der Waals surface area contributed by atoms with Gasteiger partial charge in [-0.25, -0.2) is 8.42 Å². The van der Waals surface area contributed by atoms with Gasteiger partial charge in [0, 0.05) is 41.9 Å². The molecule has 1 aliphatic heterocycles. The van der Waals surface area contributed by atoms with Crippen molar-refractivity contribution in [2.45, 2.75) is 4.90 Å². The summed E-state index contributed by atoms with van der Waals surface area (Å²) in [5.41, 5.74) is 0.447. The maximum absolute atomic E-state index is 12.2. The van der Waals surface area contributed by atoms with Gasteiger partial charge in [0.1, 0.15) is 0 Å². The molecule has 0 N–H and O–H groups in total. The maximum atomic E-state index is 12.2. The van der Waals surface area contributed by atoms with Crippen LogP contribution in [0.25, 0.3) is 0 Å². The average molecular weight is 312 g/mol. The van der Waals surface area contributed by atoms with Gasteiger partial charge in [0.25, 0.3) is 0 Å². The highest BCUT2D eigenvalue weighted by atomic mass is 32.2. The van der Waals surface area contributed by atoms with Crippen molar-refractivity contribution in [3.63, 3.8) is 0 Å². The fourth-order valence-electron chi connectivity index (χ4n) is 2.00. The Labute approximate surface area is 121 Å². The lowest BCUT2D eigenvalue weighted by molar-refractivity contribution is 0.317. The molecular formula is C13H16N2O3S2. The number of benzene rings is 1. The molecule has 1 aliphatic rings. The average Bonchev–Trinajstić information content (AvgIpc) is 2.47. The van der Waals surface area contributed by atoms with Gasteiger partial charge in [0.15, 0.2) is 9.84 Å². The summed E-state index contributed by atoms with van der Waals surface area (Å²) in [6, 6.07) is 7.93.